The van der Waals surface area contributed by atoms with Gasteiger partial charge in [-0.05, 0) is 60.2 Å². The maximum absolute atomic E-state index is 13.7. The number of nitrogens with one attached hydrogen (secondary N) is 1. The van der Waals surface area contributed by atoms with Gasteiger partial charge in [0, 0.05) is 42.0 Å². The number of anilines is 2. The molecule has 1 aliphatic heterocycles. The number of benzene rings is 2. The molecular weight excluding hydrogens is 434 g/mol. The van der Waals surface area contributed by atoms with Crippen LogP contribution in [0.1, 0.15) is 48.4 Å². The highest BCUT2D eigenvalue weighted by Crippen LogP contribution is 2.47. The van der Waals surface area contributed by atoms with Gasteiger partial charge in [-0.3, -0.25) is 19.5 Å². The third-order valence-electron chi connectivity index (χ3n) is 6.50. The molecule has 0 spiro atoms. The van der Waals surface area contributed by atoms with Crippen LogP contribution in [0, 0.1) is 6.92 Å². The number of aryl methyl sites for hydroxylation is 1. The number of nitrogens with zero attached hydrogens (tertiary/aromatic N) is 2. The fourth-order valence-corrected chi connectivity index (χ4v) is 5.08. The van der Waals surface area contributed by atoms with Crippen LogP contribution in [0.2, 0.25) is 5.02 Å². The highest BCUT2D eigenvalue weighted by Gasteiger charge is 2.40. The molecule has 1 aliphatic carbocycles. The van der Waals surface area contributed by atoms with Crippen molar-refractivity contribution in [2.24, 2.45) is 0 Å². The van der Waals surface area contributed by atoms with Crippen LogP contribution >= 0.6 is 11.6 Å². The summed E-state index contributed by atoms with van der Waals surface area (Å²) in [6.45, 7) is 3.51. The molecule has 0 bridgehead atoms. The van der Waals surface area contributed by atoms with E-state index in [1.165, 1.54) is 6.92 Å². The Morgan fingerprint density at radius 2 is 1.91 bits per heavy atom. The maximum Gasteiger partial charge on any atom is 0.224 e. The van der Waals surface area contributed by atoms with Crippen molar-refractivity contribution in [3.63, 3.8) is 0 Å². The predicted octanol–water partition coefficient (Wildman–Crippen LogP) is 5.96. The van der Waals surface area contributed by atoms with Crippen LogP contribution in [-0.4, -0.2) is 16.7 Å². The quantitative estimate of drug-likeness (QED) is 0.515. The van der Waals surface area contributed by atoms with Gasteiger partial charge in [0.1, 0.15) is 0 Å². The molecule has 2 atom stereocenters. The van der Waals surface area contributed by atoms with E-state index in [2.05, 4.69) is 16.4 Å². The van der Waals surface area contributed by atoms with Crippen LogP contribution in [-0.2, 0) is 9.59 Å². The molecule has 2 heterocycles. The summed E-state index contributed by atoms with van der Waals surface area (Å²) < 4.78 is 0. The number of Topliss-reactive ketones (excluding diaryl/α,β-unsaturated/α-hetero) is 1. The summed E-state index contributed by atoms with van der Waals surface area (Å²) in [4.78, 5) is 32.7. The monoisotopic (exact) mass is 457 g/mol. The normalized spacial score (nSPS) is 20.0. The van der Waals surface area contributed by atoms with Crippen molar-refractivity contribution < 1.29 is 9.59 Å². The number of amides is 1. The van der Waals surface area contributed by atoms with Crippen molar-refractivity contribution in [1.29, 1.82) is 0 Å². The summed E-state index contributed by atoms with van der Waals surface area (Å²) in [6.07, 6.45) is 4.44. The molecule has 166 valence electrons. The van der Waals surface area contributed by atoms with Gasteiger partial charge in [0.15, 0.2) is 5.78 Å². The maximum atomic E-state index is 13.7. The second-order valence-corrected chi connectivity index (χ2v) is 9.06. The van der Waals surface area contributed by atoms with E-state index in [1.54, 1.807) is 17.3 Å². The molecule has 0 saturated heterocycles. The first-order chi connectivity index (χ1) is 15.9. The first kappa shape index (κ1) is 21.4. The molecule has 0 fully saturated rings. The number of hydrogen-bond acceptors (Lipinski definition) is 4. The van der Waals surface area contributed by atoms with Crippen LogP contribution in [0.25, 0.3) is 0 Å². The van der Waals surface area contributed by atoms with E-state index < -0.39 is 6.04 Å². The lowest BCUT2D eigenvalue weighted by atomic mass is 9.78. The fraction of sp³-hybridized carbons (Fsp3) is 0.222. The Kier molecular flexibility index (Phi) is 5.51. The van der Waals surface area contributed by atoms with Crippen LogP contribution in [0.4, 0.5) is 11.4 Å². The van der Waals surface area contributed by atoms with Crippen molar-refractivity contribution >= 4 is 34.7 Å². The Labute approximate surface area is 198 Å². The highest BCUT2D eigenvalue weighted by molar-refractivity contribution is 6.31. The van der Waals surface area contributed by atoms with E-state index in [4.69, 9.17) is 11.6 Å². The molecule has 5 nitrogen and oxygen atoms in total. The average Bonchev–Trinajstić information content (AvgIpc) is 2.96. The van der Waals surface area contributed by atoms with E-state index in [9.17, 15) is 9.59 Å². The van der Waals surface area contributed by atoms with Gasteiger partial charge in [-0.25, -0.2) is 0 Å². The third kappa shape index (κ3) is 3.83. The Morgan fingerprint density at radius 3 is 2.64 bits per heavy atom. The van der Waals surface area contributed by atoms with E-state index in [1.807, 2.05) is 55.5 Å². The minimum atomic E-state index is -0.544. The summed E-state index contributed by atoms with van der Waals surface area (Å²) in [5.41, 5.74) is 5.90. The number of fused-ring (bicyclic) bond motifs is 1. The summed E-state index contributed by atoms with van der Waals surface area (Å²) >= 11 is 6.39. The van der Waals surface area contributed by atoms with Crippen LogP contribution in [0.5, 0.6) is 0 Å². The molecule has 2 aromatic carbocycles. The number of aromatic nitrogens is 1. The van der Waals surface area contributed by atoms with Crippen molar-refractivity contribution in [2.75, 3.05) is 10.2 Å². The first-order valence-corrected chi connectivity index (χ1v) is 11.4. The minimum Gasteiger partial charge on any atom is -0.357 e. The number of allylic oxidation sites excluding steroid dienone is 1. The number of rotatable bonds is 2. The zero-order valence-electron chi connectivity index (χ0n) is 18.5. The topological polar surface area (TPSA) is 62.3 Å². The van der Waals surface area contributed by atoms with Gasteiger partial charge in [-0.2, -0.15) is 0 Å². The lowest BCUT2D eigenvalue weighted by Gasteiger charge is -2.34. The van der Waals surface area contributed by atoms with E-state index >= 15 is 0 Å². The molecular formula is C27H24ClN3O2. The van der Waals surface area contributed by atoms with Gasteiger partial charge >= 0.3 is 0 Å². The molecule has 2 unspecified atom stereocenters. The number of halogens is 1. The molecule has 0 saturated carbocycles. The summed E-state index contributed by atoms with van der Waals surface area (Å²) in [7, 11) is 0. The van der Waals surface area contributed by atoms with E-state index in [0.29, 0.717) is 23.4 Å². The molecule has 1 N–H and O–H groups in total. The average molecular weight is 458 g/mol. The number of carbonyl (C=O) groups is 2. The Morgan fingerprint density at radius 1 is 1.09 bits per heavy atom. The second-order valence-electron chi connectivity index (χ2n) is 8.65. The minimum absolute atomic E-state index is 0.00689. The molecule has 3 aromatic rings. The summed E-state index contributed by atoms with van der Waals surface area (Å²) in [6, 6.07) is 16.9. The largest absolute Gasteiger partial charge is 0.357 e. The smallest absolute Gasteiger partial charge is 0.224 e. The summed E-state index contributed by atoms with van der Waals surface area (Å²) in [5.74, 6) is -0.0992. The lowest BCUT2D eigenvalue weighted by Crippen LogP contribution is -2.37. The molecule has 2 aliphatic rings. The van der Waals surface area contributed by atoms with Crippen LogP contribution in [0.15, 0.2) is 78.3 Å². The number of pyridine rings is 1. The lowest BCUT2D eigenvalue weighted by molar-refractivity contribution is -0.117. The third-order valence-corrected chi connectivity index (χ3v) is 6.90. The molecule has 33 heavy (non-hydrogen) atoms. The Balaban J connectivity index is 1.68. The number of hydrogen-bond donors (Lipinski definition) is 1. The standard InChI is InChI=1S/C27H24ClN3O2/c1-16-9-10-18(12-21(16)28)20-13-23-26(25(33)14-20)27(19-6-5-11-29-15-19)31(17(2)32)24-8-4-3-7-22(24)30-23/h3-12,15,20,27,30H,13-14H2,1-2H3. The zero-order valence-corrected chi connectivity index (χ0v) is 19.3. The Bertz CT molecular complexity index is 1290. The van der Waals surface area contributed by atoms with Gasteiger partial charge in [0.25, 0.3) is 0 Å². The number of ketones is 1. The van der Waals surface area contributed by atoms with Gasteiger partial charge in [-0.1, -0.05) is 41.9 Å². The molecule has 6 heteroatoms. The van der Waals surface area contributed by atoms with Crippen LogP contribution in [0.3, 0.4) is 0 Å². The van der Waals surface area contributed by atoms with Crippen molar-refractivity contribution in [3.8, 4) is 0 Å². The molecule has 1 amide bonds. The van der Waals surface area contributed by atoms with E-state index in [0.717, 1.165) is 33.8 Å². The molecule has 0 radical (unpaired) electrons. The number of carbonyl (C=O) groups excluding carboxylic acids is 2. The predicted molar refractivity (Wildman–Crippen MR) is 130 cm³/mol. The molecule has 1 aromatic heterocycles. The van der Waals surface area contributed by atoms with E-state index in [-0.39, 0.29) is 17.6 Å². The molecule has 5 rings (SSSR count). The first-order valence-electron chi connectivity index (χ1n) is 11.0. The van der Waals surface area contributed by atoms with Gasteiger partial charge in [-0.15, -0.1) is 0 Å². The Hall–Kier alpha value is -3.44. The SMILES string of the molecule is CC(=O)N1c2ccccc2NC2=C(C(=O)CC(c3ccc(C)c(Cl)c3)C2)C1c1cccnc1. The van der Waals surface area contributed by atoms with Gasteiger partial charge < -0.3 is 5.32 Å². The number of para-hydroxylation sites is 2. The van der Waals surface area contributed by atoms with Crippen molar-refractivity contribution in [1.82, 2.24) is 4.98 Å². The van der Waals surface area contributed by atoms with Gasteiger partial charge in [0.05, 0.1) is 17.4 Å². The second kappa shape index (κ2) is 8.49. The van der Waals surface area contributed by atoms with Gasteiger partial charge in [0.2, 0.25) is 5.91 Å². The van der Waals surface area contributed by atoms with Crippen LogP contribution < -0.4 is 10.2 Å². The van der Waals surface area contributed by atoms with Crippen molar-refractivity contribution in [3.05, 3.63) is 100.0 Å². The van der Waals surface area contributed by atoms with Crippen molar-refractivity contribution in [2.45, 2.75) is 38.6 Å². The summed E-state index contributed by atoms with van der Waals surface area (Å²) in [5, 5.41) is 4.22. The highest BCUT2D eigenvalue weighted by atomic mass is 35.5. The fourth-order valence-electron chi connectivity index (χ4n) is 4.89. The zero-order chi connectivity index (χ0) is 23.1.